The largest absolute Gasteiger partial charge is 0.350 e. The quantitative estimate of drug-likeness (QED) is 0.864. The van der Waals surface area contributed by atoms with Crippen molar-refractivity contribution >= 4 is 17.5 Å². The van der Waals surface area contributed by atoms with E-state index >= 15 is 0 Å². The Morgan fingerprint density at radius 1 is 1.11 bits per heavy atom. The van der Waals surface area contributed by atoms with E-state index in [-0.39, 0.29) is 11.8 Å². The number of nitrogens with zero attached hydrogens (tertiary/aromatic N) is 2. The molecule has 0 aliphatic carbocycles. The molecule has 0 aromatic heterocycles. The first-order chi connectivity index (χ1) is 13.5. The molecule has 0 saturated carbocycles. The summed E-state index contributed by atoms with van der Waals surface area (Å²) in [4.78, 5) is 28.1. The summed E-state index contributed by atoms with van der Waals surface area (Å²) in [5, 5.41) is 3.09. The van der Waals surface area contributed by atoms with E-state index in [4.69, 9.17) is 0 Å². The van der Waals surface area contributed by atoms with Crippen LogP contribution in [-0.2, 0) is 4.79 Å². The highest BCUT2D eigenvalue weighted by Gasteiger charge is 2.19. The molecule has 1 aliphatic heterocycles. The molecule has 1 fully saturated rings. The van der Waals surface area contributed by atoms with Crippen molar-refractivity contribution in [2.24, 2.45) is 0 Å². The third-order valence-corrected chi connectivity index (χ3v) is 5.60. The number of hydrogen-bond donors (Lipinski definition) is 1. The summed E-state index contributed by atoms with van der Waals surface area (Å²) in [7, 11) is 3.88. The van der Waals surface area contributed by atoms with Gasteiger partial charge in [0.15, 0.2) is 0 Å². The van der Waals surface area contributed by atoms with E-state index in [0.29, 0.717) is 18.2 Å². The van der Waals surface area contributed by atoms with Crippen LogP contribution in [0.1, 0.15) is 36.5 Å². The van der Waals surface area contributed by atoms with E-state index < -0.39 is 0 Å². The standard InChI is InChI=1S/C23H29N3O2/c1-17(27)26(3)21-12-10-18(11-13-21)19-7-6-8-20(15-19)23(28)24-16-22-9-4-5-14-25(22)2/h6-8,10-13,15,22H,4-5,9,14,16H2,1-3H3,(H,24,28)/t22-/m0/s1. The molecule has 1 N–H and O–H groups in total. The van der Waals surface area contributed by atoms with Gasteiger partial charge >= 0.3 is 0 Å². The minimum atomic E-state index is -0.0336. The molecule has 0 radical (unpaired) electrons. The summed E-state index contributed by atoms with van der Waals surface area (Å²) in [5.41, 5.74) is 3.52. The van der Waals surface area contributed by atoms with Gasteiger partial charge in [0, 0.05) is 37.8 Å². The monoisotopic (exact) mass is 379 g/mol. The van der Waals surface area contributed by atoms with Gasteiger partial charge in [-0.3, -0.25) is 9.59 Å². The Kier molecular flexibility index (Phi) is 6.47. The van der Waals surface area contributed by atoms with Crippen LogP contribution in [0.2, 0.25) is 0 Å². The van der Waals surface area contributed by atoms with Gasteiger partial charge in [-0.25, -0.2) is 0 Å². The minimum absolute atomic E-state index is 0.00460. The molecule has 5 nitrogen and oxygen atoms in total. The van der Waals surface area contributed by atoms with Crippen molar-refractivity contribution in [1.82, 2.24) is 10.2 Å². The molecule has 0 bridgehead atoms. The smallest absolute Gasteiger partial charge is 0.251 e. The van der Waals surface area contributed by atoms with Gasteiger partial charge in [-0.05, 0) is 61.8 Å². The number of likely N-dealkylation sites (N-methyl/N-ethyl adjacent to an activating group) is 1. The number of nitrogens with one attached hydrogen (secondary N) is 1. The molecule has 0 unspecified atom stereocenters. The van der Waals surface area contributed by atoms with Gasteiger partial charge in [-0.1, -0.05) is 30.7 Å². The first-order valence-electron chi connectivity index (χ1n) is 9.89. The van der Waals surface area contributed by atoms with Crippen LogP contribution in [0.5, 0.6) is 0 Å². The zero-order valence-electron chi connectivity index (χ0n) is 16.9. The fraction of sp³-hybridized carbons (Fsp3) is 0.391. The molecule has 1 atom stereocenters. The van der Waals surface area contributed by atoms with E-state index in [1.807, 2.05) is 48.5 Å². The first-order valence-corrected chi connectivity index (χ1v) is 9.89. The molecule has 1 heterocycles. The van der Waals surface area contributed by atoms with Crippen molar-refractivity contribution in [3.63, 3.8) is 0 Å². The lowest BCUT2D eigenvalue weighted by molar-refractivity contribution is -0.116. The van der Waals surface area contributed by atoms with Crippen LogP contribution in [0.25, 0.3) is 11.1 Å². The molecular formula is C23H29N3O2. The second-order valence-corrected chi connectivity index (χ2v) is 7.55. The number of rotatable bonds is 5. The van der Waals surface area contributed by atoms with Gasteiger partial charge in [-0.15, -0.1) is 0 Å². The van der Waals surface area contributed by atoms with Crippen molar-refractivity contribution in [2.45, 2.75) is 32.2 Å². The first kappa shape index (κ1) is 20.1. The number of hydrogen-bond acceptors (Lipinski definition) is 3. The third kappa shape index (κ3) is 4.78. The molecule has 148 valence electrons. The molecular weight excluding hydrogens is 350 g/mol. The second-order valence-electron chi connectivity index (χ2n) is 7.55. The fourth-order valence-corrected chi connectivity index (χ4v) is 3.61. The Morgan fingerprint density at radius 2 is 1.86 bits per heavy atom. The van der Waals surface area contributed by atoms with E-state index in [2.05, 4.69) is 17.3 Å². The van der Waals surface area contributed by atoms with Gasteiger partial charge in [0.1, 0.15) is 0 Å². The maximum atomic E-state index is 12.6. The zero-order chi connectivity index (χ0) is 20.1. The van der Waals surface area contributed by atoms with Crippen LogP contribution in [0, 0.1) is 0 Å². The lowest BCUT2D eigenvalue weighted by Gasteiger charge is -2.32. The zero-order valence-corrected chi connectivity index (χ0v) is 16.9. The van der Waals surface area contributed by atoms with Crippen molar-refractivity contribution in [3.05, 3.63) is 54.1 Å². The highest BCUT2D eigenvalue weighted by atomic mass is 16.2. The molecule has 3 rings (SSSR count). The molecule has 2 aromatic carbocycles. The maximum absolute atomic E-state index is 12.6. The van der Waals surface area contributed by atoms with Gasteiger partial charge in [0.05, 0.1) is 0 Å². The van der Waals surface area contributed by atoms with Crippen LogP contribution >= 0.6 is 0 Å². The summed E-state index contributed by atoms with van der Waals surface area (Å²) in [6.45, 7) is 3.33. The van der Waals surface area contributed by atoms with Gasteiger partial charge in [0.2, 0.25) is 5.91 Å². The van der Waals surface area contributed by atoms with Crippen molar-refractivity contribution < 1.29 is 9.59 Å². The number of anilines is 1. The van der Waals surface area contributed by atoms with Crippen molar-refractivity contribution in [2.75, 3.05) is 32.1 Å². The Balaban J connectivity index is 1.67. The second kappa shape index (κ2) is 9.02. The molecule has 28 heavy (non-hydrogen) atoms. The Labute approximate surface area is 167 Å². The summed E-state index contributed by atoms with van der Waals surface area (Å²) < 4.78 is 0. The summed E-state index contributed by atoms with van der Waals surface area (Å²) in [6.07, 6.45) is 3.61. The van der Waals surface area contributed by atoms with Crippen molar-refractivity contribution in [1.29, 1.82) is 0 Å². The highest BCUT2D eigenvalue weighted by molar-refractivity contribution is 5.95. The van der Waals surface area contributed by atoms with E-state index in [1.165, 1.54) is 12.8 Å². The minimum Gasteiger partial charge on any atom is -0.350 e. The number of likely N-dealkylation sites (tertiary alicyclic amines) is 1. The normalized spacial score (nSPS) is 17.2. The molecule has 2 amide bonds. The fourth-order valence-electron chi connectivity index (χ4n) is 3.61. The number of benzene rings is 2. The number of carbonyl (C=O) groups is 2. The van der Waals surface area contributed by atoms with Crippen LogP contribution in [0.15, 0.2) is 48.5 Å². The molecule has 1 saturated heterocycles. The van der Waals surface area contributed by atoms with Gasteiger partial charge in [0.25, 0.3) is 5.91 Å². The summed E-state index contributed by atoms with van der Waals surface area (Å²) in [6, 6.07) is 15.9. The van der Waals surface area contributed by atoms with Crippen LogP contribution in [-0.4, -0.2) is 49.9 Å². The molecule has 2 aromatic rings. The summed E-state index contributed by atoms with van der Waals surface area (Å²) in [5.74, 6) is -0.0382. The average molecular weight is 380 g/mol. The number of carbonyl (C=O) groups excluding carboxylic acids is 2. The van der Waals surface area contributed by atoms with Crippen LogP contribution in [0.4, 0.5) is 5.69 Å². The maximum Gasteiger partial charge on any atom is 0.251 e. The Bertz CT molecular complexity index is 832. The van der Waals surface area contributed by atoms with Gasteiger partial charge < -0.3 is 15.1 Å². The van der Waals surface area contributed by atoms with Crippen molar-refractivity contribution in [3.8, 4) is 11.1 Å². The summed E-state index contributed by atoms with van der Waals surface area (Å²) >= 11 is 0. The van der Waals surface area contributed by atoms with Crippen LogP contribution in [0.3, 0.4) is 0 Å². The topological polar surface area (TPSA) is 52.7 Å². The molecule has 5 heteroatoms. The number of amides is 2. The van der Waals surface area contributed by atoms with Crippen LogP contribution < -0.4 is 10.2 Å². The predicted molar refractivity (Wildman–Crippen MR) is 114 cm³/mol. The highest BCUT2D eigenvalue weighted by Crippen LogP contribution is 2.24. The van der Waals surface area contributed by atoms with E-state index in [9.17, 15) is 9.59 Å². The Morgan fingerprint density at radius 3 is 2.54 bits per heavy atom. The van der Waals surface area contributed by atoms with Gasteiger partial charge in [-0.2, -0.15) is 0 Å². The van der Waals surface area contributed by atoms with E-state index in [1.54, 1.807) is 18.9 Å². The molecule has 1 aliphatic rings. The number of piperidine rings is 1. The average Bonchev–Trinajstić information content (AvgIpc) is 2.72. The third-order valence-electron chi connectivity index (χ3n) is 5.60. The molecule has 0 spiro atoms. The lowest BCUT2D eigenvalue weighted by atomic mass is 10.0. The SMILES string of the molecule is CC(=O)N(C)c1ccc(-c2cccc(C(=O)NC[C@@H]3CCCCN3C)c2)cc1. The predicted octanol–water partition coefficient (Wildman–Crippen LogP) is 3.55. The lowest BCUT2D eigenvalue weighted by Crippen LogP contribution is -2.44. The van der Waals surface area contributed by atoms with E-state index in [0.717, 1.165) is 29.8 Å². The Hall–Kier alpha value is -2.66.